The Hall–Kier alpha value is -2.05. The van der Waals surface area contributed by atoms with Crippen molar-refractivity contribution in [3.63, 3.8) is 0 Å². The second-order valence-corrected chi connectivity index (χ2v) is 7.71. The largest absolute Gasteiger partial charge is 0.444 e. The average molecular weight is 347 g/mol. The number of nitrogens with zero attached hydrogens (tertiary/aromatic N) is 5. The van der Waals surface area contributed by atoms with Gasteiger partial charge in [-0.15, -0.1) is 0 Å². The smallest absolute Gasteiger partial charge is 0.410 e. The van der Waals surface area contributed by atoms with Gasteiger partial charge in [-0.1, -0.05) is 0 Å². The van der Waals surface area contributed by atoms with Gasteiger partial charge in [-0.25, -0.2) is 14.8 Å². The van der Waals surface area contributed by atoms with Gasteiger partial charge in [0.1, 0.15) is 5.60 Å². The molecule has 0 aromatic carbocycles. The van der Waals surface area contributed by atoms with E-state index in [2.05, 4.69) is 19.8 Å². The molecule has 0 aliphatic carbocycles. The summed E-state index contributed by atoms with van der Waals surface area (Å²) >= 11 is 0. The number of hydrogen-bond acceptors (Lipinski definition) is 6. The summed E-state index contributed by atoms with van der Waals surface area (Å²) in [6.07, 6.45) is 7.00. The van der Waals surface area contributed by atoms with Crippen molar-refractivity contribution in [1.82, 2.24) is 14.9 Å². The lowest BCUT2D eigenvalue weighted by atomic mass is 10.1. The molecule has 0 atom stereocenters. The predicted octanol–water partition coefficient (Wildman–Crippen LogP) is 2.52. The van der Waals surface area contributed by atoms with Crippen molar-refractivity contribution < 1.29 is 9.53 Å². The first-order chi connectivity index (χ1) is 11.9. The number of hydrogen-bond donors (Lipinski definition) is 0. The lowest BCUT2D eigenvalue weighted by Crippen LogP contribution is -2.50. The average Bonchev–Trinajstić information content (AvgIpc) is 2.61. The minimum Gasteiger partial charge on any atom is -0.444 e. The van der Waals surface area contributed by atoms with E-state index in [0.29, 0.717) is 13.1 Å². The third-order valence-electron chi connectivity index (χ3n) is 4.55. The number of carbonyl (C=O) groups excluding carboxylic acids is 1. The van der Waals surface area contributed by atoms with Gasteiger partial charge in [0.15, 0.2) is 11.6 Å². The monoisotopic (exact) mass is 347 g/mol. The third kappa shape index (κ3) is 4.52. The third-order valence-corrected chi connectivity index (χ3v) is 4.55. The van der Waals surface area contributed by atoms with Crippen LogP contribution in [-0.4, -0.2) is 65.8 Å². The predicted molar refractivity (Wildman–Crippen MR) is 98.1 cm³/mol. The van der Waals surface area contributed by atoms with Crippen molar-refractivity contribution in [1.29, 1.82) is 0 Å². The summed E-state index contributed by atoms with van der Waals surface area (Å²) in [5.74, 6) is 1.92. The van der Waals surface area contributed by atoms with Crippen LogP contribution in [0.1, 0.15) is 40.0 Å². The standard InChI is InChI=1S/C18H29N5O2/c1-18(2,3)25-17(24)23-13-11-22(12-14-23)16-15(19-7-8-20-16)21-9-5-4-6-10-21/h7-8H,4-6,9-14H2,1-3H3. The Kier molecular flexibility index (Phi) is 5.30. The highest BCUT2D eigenvalue weighted by atomic mass is 16.6. The molecule has 1 aromatic rings. The van der Waals surface area contributed by atoms with Crippen molar-refractivity contribution >= 4 is 17.7 Å². The van der Waals surface area contributed by atoms with E-state index in [-0.39, 0.29) is 6.09 Å². The maximum absolute atomic E-state index is 12.2. The Bertz CT molecular complexity index is 587. The van der Waals surface area contributed by atoms with E-state index in [9.17, 15) is 4.79 Å². The van der Waals surface area contributed by atoms with Gasteiger partial charge >= 0.3 is 6.09 Å². The van der Waals surface area contributed by atoms with Gasteiger partial charge in [0.05, 0.1) is 0 Å². The summed E-state index contributed by atoms with van der Waals surface area (Å²) < 4.78 is 5.47. The zero-order valence-electron chi connectivity index (χ0n) is 15.6. The Morgan fingerprint density at radius 1 is 0.880 bits per heavy atom. The summed E-state index contributed by atoms with van der Waals surface area (Å²) in [4.78, 5) is 27.8. The van der Waals surface area contributed by atoms with Crippen LogP contribution in [-0.2, 0) is 4.74 Å². The molecular weight excluding hydrogens is 318 g/mol. The maximum Gasteiger partial charge on any atom is 0.410 e. The minimum atomic E-state index is -0.458. The molecule has 7 heteroatoms. The first-order valence-electron chi connectivity index (χ1n) is 9.23. The molecule has 3 rings (SSSR count). The molecule has 0 N–H and O–H groups in total. The number of amides is 1. The van der Waals surface area contributed by atoms with Crippen LogP contribution in [0, 0.1) is 0 Å². The van der Waals surface area contributed by atoms with E-state index in [1.165, 1.54) is 19.3 Å². The van der Waals surface area contributed by atoms with E-state index in [1.807, 2.05) is 20.8 Å². The van der Waals surface area contributed by atoms with Crippen molar-refractivity contribution in [2.24, 2.45) is 0 Å². The van der Waals surface area contributed by atoms with Crippen LogP contribution < -0.4 is 9.80 Å². The fourth-order valence-corrected chi connectivity index (χ4v) is 3.30. The molecule has 2 saturated heterocycles. The fourth-order valence-electron chi connectivity index (χ4n) is 3.30. The molecule has 1 aromatic heterocycles. The summed E-state index contributed by atoms with van der Waals surface area (Å²) in [6, 6.07) is 0. The Labute approximate surface area is 150 Å². The highest BCUT2D eigenvalue weighted by molar-refractivity contribution is 5.69. The Morgan fingerprint density at radius 2 is 1.40 bits per heavy atom. The molecule has 25 heavy (non-hydrogen) atoms. The Balaban J connectivity index is 1.64. The highest BCUT2D eigenvalue weighted by Gasteiger charge is 2.28. The van der Waals surface area contributed by atoms with Crippen LogP contribution in [0.2, 0.25) is 0 Å². The number of rotatable bonds is 2. The summed E-state index contributed by atoms with van der Waals surface area (Å²) in [7, 11) is 0. The number of carbonyl (C=O) groups is 1. The van der Waals surface area contributed by atoms with Crippen LogP contribution in [0.3, 0.4) is 0 Å². The quantitative estimate of drug-likeness (QED) is 0.819. The Morgan fingerprint density at radius 3 is 1.92 bits per heavy atom. The number of piperazine rings is 1. The van der Waals surface area contributed by atoms with Crippen molar-refractivity contribution in [2.45, 2.75) is 45.6 Å². The van der Waals surface area contributed by atoms with E-state index in [0.717, 1.165) is 37.8 Å². The number of piperidine rings is 1. The molecule has 138 valence electrons. The summed E-state index contributed by atoms with van der Waals surface area (Å²) in [5.41, 5.74) is -0.458. The van der Waals surface area contributed by atoms with Crippen LogP contribution in [0.4, 0.5) is 16.4 Å². The lowest BCUT2D eigenvalue weighted by molar-refractivity contribution is 0.0240. The molecule has 0 radical (unpaired) electrons. The topological polar surface area (TPSA) is 61.8 Å². The molecule has 0 unspecified atom stereocenters. The van der Waals surface area contributed by atoms with Gasteiger partial charge in [0.2, 0.25) is 0 Å². The minimum absolute atomic E-state index is 0.234. The summed E-state index contributed by atoms with van der Waals surface area (Å²) in [6.45, 7) is 10.6. The van der Waals surface area contributed by atoms with E-state index in [4.69, 9.17) is 4.74 Å². The number of ether oxygens (including phenoxy) is 1. The normalized spacial score (nSPS) is 19.1. The molecule has 0 spiro atoms. The maximum atomic E-state index is 12.2. The zero-order chi connectivity index (χ0) is 17.9. The van der Waals surface area contributed by atoms with E-state index < -0.39 is 5.60 Å². The van der Waals surface area contributed by atoms with Gasteiger partial charge in [-0.3, -0.25) is 0 Å². The van der Waals surface area contributed by atoms with Gasteiger partial charge in [0.25, 0.3) is 0 Å². The first kappa shape index (κ1) is 17.8. The fraction of sp³-hybridized carbons (Fsp3) is 0.722. The van der Waals surface area contributed by atoms with E-state index in [1.54, 1.807) is 17.3 Å². The SMILES string of the molecule is CC(C)(C)OC(=O)N1CCN(c2nccnc2N2CCCCC2)CC1. The molecule has 1 amide bonds. The second kappa shape index (κ2) is 7.45. The zero-order valence-corrected chi connectivity index (χ0v) is 15.6. The molecule has 2 fully saturated rings. The molecule has 0 bridgehead atoms. The van der Waals surface area contributed by atoms with Gasteiger partial charge in [-0.2, -0.15) is 0 Å². The van der Waals surface area contributed by atoms with Crippen LogP contribution in [0.25, 0.3) is 0 Å². The number of anilines is 2. The first-order valence-corrected chi connectivity index (χ1v) is 9.23. The molecule has 0 saturated carbocycles. The molecule has 7 nitrogen and oxygen atoms in total. The second-order valence-electron chi connectivity index (χ2n) is 7.71. The highest BCUT2D eigenvalue weighted by Crippen LogP contribution is 2.27. The summed E-state index contributed by atoms with van der Waals surface area (Å²) in [5, 5.41) is 0. The van der Waals surface area contributed by atoms with E-state index >= 15 is 0 Å². The lowest BCUT2D eigenvalue weighted by Gasteiger charge is -2.38. The van der Waals surface area contributed by atoms with Crippen molar-refractivity contribution in [3.05, 3.63) is 12.4 Å². The van der Waals surface area contributed by atoms with Crippen molar-refractivity contribution in [3.8, 4) is 0 Å². The van der Waals surface area contributed by atoms with Crippen molar-refractivity contribution in [2.75, 3.05) is 49.1 Å². The van der Waals surface area contributed by atoms with Gasteiger partial charge in [0, 0.05) is 51.7 Å². The van der Waals surface area contributed by atoms with Crippen LogP contribution in [0.15, 0.2) is 12.4 Å². The van der Waals surface area contributed by atoms with Gasteiger partial charge in [-0.05, 0) is 40.0 Å². The van der Waals surface area contributed by atoms with Crippen LogP contribution in [0.5, 0.6) is 0 Å². The van der Waals surface area contributed by atoms with Crippen LogP contribution >= 0.6 is 0 Å². The molecule has 2 aliphatic heterocycles. The molecular formula is C18H29N5O2. The molecule has 3 heterocycles. The van der Waals surface area contributed by atoms with Gasteiger partial charge < -0.3 is 19.4 Å². The molecule has 2 aliphatic rings. The number of aromatic nitrogens is 2.